The Morgan fingerprint density at radius 3 is 2.79 bits per heavy atom. The second-order valence-corrected chi connectivity index (χ2v) is 6.35. The van der Waals surface area contributed by atoms with Crippen LogP contribution in [0, 0.1) is 6.92 Å². The summed E-state index contributed by atoms with van der Waals surface area (Å²) in [4.78, 5) is 12.5. The molecular formula is C21H19N5O2. The maximum absolute atomic E-state index is 12.5. The number of nitrogens with zero attached hydrogens (tertiary/aromatic N) is 4. The molecule has 140 valence electrons. The molecule has 0 radical (unpaired) electrons. The Balaban J connectivity index is 1.54. The smallest absolute Gasteiger partial charge is 0.228 e. The normalized spacial score (nSPS) is 10.8. The molecule has 4 rings (SSSR count). The fourth-order valence-corrected chi connectivity index (χ4v) is 3.03. The molecule has 1 N–H and O–H groups in total. The van der Waals surface area contributed by atoms with Gasteiger partial charge in [0.15, 0.2) is 11.5 Å². The molecule has 0 aliphatic rings. The molecule has 0 saturated heterocycles. The lowest BCUT2D eigenvalue weighted by Gasteiger charge is -2.10. The van der Waals surface area contributed by atoms with E-state index in [1.807, 2.05) is 67.6 Å². The van der Waals surface area contributed by atoms with Gasteiger partial charge in [-0.2, -0.15) is 9.61 Å². The van der Waals surface area contributed by atoms with Crippen molar-refractivity contribution in [1.82, 2.24) is 19.8 Å². The summed E-state index contributed by atoms with van der Waals surface area (Å²) in [5.74, 6) is 1.31. The van der Waals surface area contributed by atoms with Crippen molar-refractivity contribution >= 4 is 17.2 Å². The predicted molar refractivity (Wildman–Crippen MR) is 106 cm³/mol. The Morgan fingerprint density at radius 2 is 1.93 bits per heavy atom. The second-order valence-electron chi connectivity index (χ2n) is 6.35. The Labute approximate surface area is 162 Å². The van der Waals surface area contributed by atoms with Crippen molar-refractivity contribution in [3.63, 3.8) is 0 Å². The van der Waals surface area contributed by atoms with Gasteiger partial charge in [-0.25, -0.2) is 0 Å². The van der Waals surface area contributed by atoms with Crippen molar-refractivity contribution in [3.8, 4) is 17.0 Å². The lowest BCUT2D eigenvalue weighted by Crippen LogP contribution is -2.15. The molecule has 1 amide bonds. The Bertz CT molecular complexity index is 1150. The first kappa shape index (κ1) is 17.7. The molecule has 0 unspecified atom stereocenters. The minimum absolute atomic E-state index is 0.111. The molecule has 2 aromatic heterocycles. The number of aryl methyl sites for hydroxylation is 1. The lowest BCUT2D eigenvalue weighted by atomic mass is 10.1. The first-order chi connectivity index (χ1) is 13.6. The van der Waals surface area contributed by atoms with Crippen molar-refractivity contribution in [1.29, 1.82) is 0 Å². The highest BCUT2D eigenvalue weighted by Gasteiger charge is 2.10. The number of hydrogen-bond acceptors (Lipinski definition) is 5. The molecule has 4 aromatic rings. The Hall–Kier alpha value is -3.74. The van der Waals surface area contributed by atoms with Gasteiger partial charge in [0, 0.05) is 16.8 Å². The van der Waals surface area contributed by atoms with E-state index in [1.165, 1.54) is 0 Å². The summed E-state index contributed by atoms with van der Waals surface area (Å²) in [5, 5.41) is 15.6. The number of hydrogen-bond donors (Lipinski definition) is 1. The molecule has 7 heteroatoms. The van der Waals surface area contributed by atoms with Crippen molar-refractivity contribution in [2.45, 2.75) is 13.3 Å². The molecule has 0 saturated carbocycles. The van der Waals surface area contributed by atoms with Crippen molar-refractivity contribution in [2.24, 2.45) is 0 Å². The summed E-state index contributed by atoms with van der Waals surface area (Å²) in [5.41, 5.74) is 3.91. The minimum atomic E-state index is -0.111. The van der Waals surface area contributed by atoms with Crippen LogP contribution >= 0.6 is 0 Å². The largest absolute Gasteiger partial charge is 0.496 e. The van der Waals surface area contributed by atoms with E-state index in [2.05, 4.69) is 20.6 Å². The zero-order valence-corrected chi connectivity index (χ0v) is 15.6. The second kappa shape index (κ2) is 7.48. The van der Waals surface area contributed by atoms with E-state index in [-0.39, 0.29) is 12.3 Å². The van der Waals surface area contributed by atoms with Crippen LogP contribution in [0.25, 0.3) is 16.9 Å². The molecule has 7 nitrogen and oxygen atoms in total. The van der Waals surface area contributed by atoms with E-state index < -0.39 is 0 Å². The van der Waals surface area contributed by atoms with Crippen LogP contribution in [0.15, 0.2) is 60.7 Å². The lowest BCUT2D eigenvalue weighted by molar-refractivity contribution is -0.115. The summed E-state index contributed by atoms with van der Waals surface area (Å²) < 4.78 is 7.01. The molecule has 0 bridgehead atoms. The highest BCUT2D eigenvalue weighted by molar-refractivity contribution is 5.93. The third kappa shape index (κ3) is 3.55. The molecular weight excluding hydrogens is 354 g/mol. The number of nitrogens with one attached hydrogen (secondary N) is 1. The maximum atomic E-state index is 12.5. The van der Waals surface area contributed by atoms with Gasteiger partial charge in [-0.1, -0.05) is 30.3 Å². The minimum Gasteiger partial charge on any atom is -0.496 e. The fraction of sp³-hybridized carbons (Fsp3) is 0.143. The van der Waals surface area contributed by atoms with E-state index in [4.69, 9.17) is 4.74 Å². The van der Waals surface area contributed by atoms with Crippen LogP contribution in [-0.4, -0.2) is 32.8 Å². The average Bonchev–Trinajstić information content (AvgIpc) is 3.09. The molecule has 2 aromatic carbocycles. The molecule has 2 heterocycles. The number of benzene rings is 2. The van der Waals surface area contributed by atoms with Gasteiger partial charge in [-0.3, -0.25) is 4.79 Å². The quantitative estimate of drug-likeness (QED) is 0.581. The van der Waals surface area contributed by atoms with Gasteiger partial charge in [0.25, 0.3) is 0 Å². The van der Waals surface area contributed by atoms with Crippen molar-refractivity contribution in [3.05, 3.63) is 72.1 Å². The van der Waals surface area contributed by atoms with Crippen LogP contribution < -0.4 is 10.1 Å². The highest BCUT2D eigenvalue weighted by atomic mass is 16.5. The van der Waals surface area contributed by atoms with E-state index in [1.54, 1.807) is 11.6 Å². The van der Waals surface area contributed by atoms with Crippen LogP contribution in [0.4, 0.5) is 5.69 Å². The van der Waals surface area contributed by atoms with E-state index in [9.17, 15) is 4.79 Å². The number of amides is 1. The van der Waals surface area contributed by atoms with Gasteiger partial charge in [0.05, 0.1) is 19.2 Å². The van der Waals surface area contributed by atoms with Crippen LogP contribution in [0.5, 0.6) is 5.75 Å². The SMILES string of the molecule is COc1ccccc1CC(=O)Nc1cccc(-c2ccc3nnc(C)n3n2)c1. The molecule has 0 spiro atoms. The van der Waals surface area contributed by atoms with Crippen LogP contribution in [0.2, 0.25) is 0 Å². The number of fused-ring (bicyclic) bond motifs is 1. The molecule has 0 atom stereocenters. The van der Waals surface area contributed by atoms with Gasteiger partial charge in [0.1, 0.15) is 5.75 Å². The Kier molecular flexibility index (Phi) is 4.72. The topological polar surface area (TPSA) is 81.4 Å². The summed E-state index contributed by atoms with van der Waals surface area (Å²) in [7, 11) is 1.60. The molecule has 28 heavy (non-hydrogen) atoms. The maximum Gasteiger partial charge on any atom is 0.228 e. The number of carbonyl (C=O) groups is 1. The van der Waals surface area contributed by atoms with Crippen LogP contribution in [0.1, 0.15) is 11.4 Å². The summed E-state index contributed by atoms with van der Waals surface area (Å²) in [6, 6.07) is 18.8. The fourth-order valence-electron chi connectivity index (χ4n) is 3.03. The van der Waals surface area contributed by atoms with Gasteiger partial charge in [0.2, 0.25) is 5.91 Å². The highest BCUT2D eigenvalue weighted by Crippen LogP contribution is 2.22. The number of para-hydroxylation sites is 1. The number of aromatic nitrogens is 4. The first-order valence-corrected chi connectivity index (χ1v) is 8.85. The summed E-state index contributed by atoms with van der Waals surface area (Å²) in [6.07, 6.45) is 0.234. The summed E-state index contributed by atoms with van der Waals surface area (Å²) in [6.45, 7) is 1.85. The van der Waals surface area contributed by atoms with Gasteiger partial charge in [-0.15, -0.1) is 10.2 Å². The number of carbonyl (C=O) groups excluding carboxylic acids is 1. The number of rotatable bonds is 5. The Morgan fingerprint density at radius 1 is 1.07 bits per heavy atom. The molecule has 0 aliphatic carbocycles. The average molecular weight is 373 g/mol. The van der Waals surface area contributed by atoms with Crippen LogP contribution in [-0.2, 0) is 11.2 Å². The van der Waals surface area contributed by atoms with E-state index in [0.29, 0.717) is 17.1 Å². The van der Waals surface area contributed by atoms with Gasteiger partial charge in [-0.05, 0) is 37.3 Å². The van der Waals surface area contributed by atoms with Crippen molar-refractivity contribution < 1.29 is 9.53 Å². The van der Waals surface area contributed by atoms with Crippen LogP contribution in [0.3, 0.4) is 0 Å². The third-order valence-electron chi connectivity index (χ3n) is 4.40. The van der Waals surface area contributed by atoms with E-state index >= 15 is 0 Å². The number of ether oxygens (including phenoxy) is 1. The third-order valence-corrected chi connectivity index (χ3v) is 4.40. The molecule has 0 fully saturated rings. The predicted octanol–water partition coefficient (Wildman–Crippen LogP) is 3.29. The van der Waals surface area contributed by atoms with Gasteiger partial charge < -0.3 is 10.1 Å². The molecule has 0 aliphatic heterocycles. The monoisotopic (exact) mass is 373 g/mol. The standard InChI is InChI=1S/C21H19N5O2/c1-14-23-24-20-11-10-18(25-26(14)20)15-7-5-8-17(12-15)22-21(27)13-16-6-3-4-9-19(16)28-2/h3-12H,13H2,1-2H3,(H,22,27). The summed E-state index contributed by atoms with van der Waals surface area (Å²) >= 11 is 0. The number of methoxy groups -OCH3 is 1. The van der Waals surface area contributed by atoms with Crippen molar-refractivity contribution in [2.75, 3.05) is 12.4 Å². The van der Waals surface area contributed by atoms with Gasteiger partial charge >= 0.3 is 0 Å². The first-order valence-electron chi connectivity index (χ1n) is 8.85. The zero-order valence-electron chi connectivity index (χ0n) is 15.6. The number of anilines is 1. The zero-order chi connectivity index (χ0) is 19.5. The van der Waals surface area contributed by atoms with E-state index in [0.717, 1.165) is 22.6 Å².